The zero-order chi connectivity index (χ0) is 15.8. The second-order valence-corrected chi connectivity index (χ2v) is 4.21. The molecule has 0 fully saturated rings. The van der Waals surface area contributed by atoms with Crippen molar-refractivity contribution in [2.75, 3.05) is 37.4 Å². The van der Waals surface area contributed by atoms with Crippen molar-refractivity contribution in [3.8, 4) is 0 Å². The number of hydrogen-bond donors (Lipinski definition) is 3. The first kappa shape index (κ1) is 20.2. The molecule has 124 valence electrons. The normalized spacial score (nSPS) is 9.82. The summed E-state index contributed by atoms with van der Waals surface area (Å²) in [6, 6.07) is 1.62. The maximum absolute atomic E-state index is 13.2. The van der Waals surface area contributed by atoms with Crippen LogP contribution in [0.15, 0.2) is 12.1 Å². The van der Waals surface area contributed by atoms with Crippen LogP contribution >= 0.6 is 12.4 Å². The molecule has 1 aromatic carbocycles. The summed E-state index contributed by atoms with van der Waals surface area (Å²) in [5.41, 5.74) is -0.0192. The Kier molecular flexibility index (Phi) is 9.23. The van der Waals surface area contributed by atoms with Crippen molar-refractivity contribution in [1.82, 2.24) is 5.32 Å². The van der Waals surface area contributed by atoms with E-state index in [0.717, 1.165) is 12.1 Å². The molecule has 0 heterocycles. The minimum absolute atomic E-state index is 0. The molecule has 0 atom stereocenters. The summed E-state index contributed by atoms with van der Waals surface area (Å²) in [5, 5.41) is 7.52. The van der Waals surface area contributed by atoms with Gasteiger partial charge in [-0.25, -0.2) is 8.78 Å². The van der Waals surface area contributed by atoms with Crippen molar-refractivity contribution in [1.29, 1.82) is 0 Å². The SMILES string of the molecule is COCCNCC(=O)Nc1cc(F)c(F)cc1NC(C)=O.Cl. The maximum atomic E-state index is 13.2. The molecule has 0 radical (unpaired) electrons. The highest BCUT2D eigenvalue weighted by Gasteiger charge is 2.13. The second-order valence-electron chi connectivity index (χ2n) is 4.21. The third-order valence-corrected chi connectivity index (χ3v) is 2.41. The average molecular weight is 338 g/mol. The van der Waals surface area contributed by atoms with E-state index in [1.807, 2.05) is 0 Å². The van der Waals surface area contributed by atoms with Crippen LogP contribution in [0.2, 0.25) is 0 Å². The first-order chi connectivity index (χ1) is 9.93. The number of rotatable bonds is 7. The van der Waals surface area contributed by atoms with Gasteiger partial charge in [0.15, 0.2) is 11.6 Å². The van der Waals surface area contributed by atoms with Gasteiger partial charge in [-0.2, -0.15) is 0 Å². The Hall–Kier alpha value is -1.77. The molecule has 2 amide bonds. The first-order valence-electron chi connectivity index (χ1n) is 6.20. The van der Waals surface area contributed by atoms with Crippen LogP contribution in [0.3, 0.4) is 0 Å². The average Bonchev–Trinajstić information content (AvgIpc) is 2.40. The fourth-order valence-corrected chi connectivity index (χ4v) is 1.51. The van der Waals surface area contributed by atoms with E-state index in [1.54, 1.807) is 0 Å². The standard InChI is InChI=1S/C13H17F2N3O3.ClH/c1-8(19)17-11-5-9(14)10(15)6-12(11)18-13(20)7-16-3-4-21-2;/h5-6,16H,3-4,7H2,1-2H3,(H,17,19)(H,18,20);1H. The number of hydrogen-bond acceptors (Lipinski definition) is 4. The van der Waals surface area contributed by atoms with Gasteiger partial charge in [-0.05, 0) is 0 Å². The molecule has 0 aliphatic carbocycles. The van der Waals surface area contributed by atoms with Crippen LogP contribution in [0.5, 0.6) is 0 Å². The highest BCUT2D eigenvalue weighted by molar-refractivity contribution is 5.99. The summed E-state index contributed by atoms with van der Waals surface area (Å²) in [5.74, 6) is -3.15. The van der Waals surface area contributed by atoms with Gasteiger partial charge in [-0.15, -0.1) is 12.4 Å². The predicted octanol–water partition coefficient (Wildman–Crippen LogP) is 1.52. The van der Waals surface area contributed by atoms with Crippen molar-refractivity contribution in [2.24, 2.45) is 0 Å². The van der Waals surface area contributed by atoms with Crippen molar-refractivity contribution in [2.45, 2.75) is 6.92 Å². The third kappa shape index (κ3) is 6.79. The lowest BCUT2D eigenvalue weighted by Gasteiger charge is -2.12. The molecule has 0 unspecified atom stereocenters. The summed E-state index contributed by atoms with van der Waals surface area (Å²) < 4.78 is 31.2. The lowest BCUT2D eigenvalue weighted by Crippen LogP contribution is -2.30. The van der Waals surface area contributed by atoms with Crippen LogP contribution in [0.1, 0.15) is 6.92 Å². The molecule has 0 saturated heterocycles. The topological polar surface area (TPSA) is 79.5 Å². The number of ether oxygens (including phenoxy) is 1. The van der Waals surface area contributed by atoms with E-state index in [1.165, 1.54) is 14.0 Å². The van der Waals surface area contributed by atoms with Crippen LogP contribution in [0.4, 0.5) is 20.2 Å². The van der Waals surface area contributed by atoms with Crippen molar-refractivity contribution >= 4 is 35.6 Å². The number of carbonyl (C=O) groups excluding carboxylic acids is 2. The molecule has 0 aromatic heterocycles. The Bertz CT molecular complexity index is 529. The number of benzene rings is 1. The van der Waals surface area contributed by atoms with Gasteiger partial charge < -0.3 is 20.7 Å². The number of halogens is 3. The predicted molar refractivity (Wildman–Crippen MR) is 81.3 cm³/mol. The monoisotopic (exact) mass is 337 g/mol. The fourth-order valence-electron chi connectivity index (χ4n) is 1.51. The number of amides is 2. The van der Waals surface area contributed by atoms with Crippen LogP contribution in [-0.2, 0) is 14.3 Å². The van der Waals surface area contributed by atoms with E-state index < -0.39 is 23.4 Å². The number of methoxy groups -OCH3 is 1. The Morgan fingerprint density at radius 1 is 1.14 bits per heavy atom. The molecule has 0 aliphatic heterocycles. The van der Waals surface area contributed by atoms with Crippen molar-refractivity contribution < 1.29 is 23.1 Å². The van der Waals surface area contributed by atoms with E-state index in [0.29, 0.717) is 13.2 Å². The van der Waals surface area contributed by atoms with Gasteiger partial charge in [-0.1, -0.05) is 0 Å². The molecule has 22 heavy (non-hydrogen) atoms. The Morgan fingerprint density at radius 3 is 2.18 bits per heavy atom. The minimum Gasteiger partial charge on any atom is -0.383 e. The zero-order valence-electron chi connectivity index (χ0n) is 12.2. The van der Waals surface area contributed by atoms with Gasteiger partial charge in [-0.3, -0.25) is 9.59 Å². The number of nitrogens with one attached hydrogen (secondary N) is 3. The molecular formula is C13H18ClF2N3O3. The lowest BCUT2D eigenvalue weighted by molar-refractivity contribution is -0.116. The van der Waals surface area contributed by atoms with E-state index >= 15 is 0 Å². The van der Waals surface area contributed by atoms with E-state index in [9.17, 15) is 18.4 Å². The van der Waals surface area contributed by atoms with Gasteiger partial charge in [0.2, 0.25) is 11.8 Å². The molecule has 0 aliphatic rings. The molecule has 0 spiro atoms. The lowest BCUT2D eigenvalue weighted by atomic mass is 10.2. The molecule has 0 saturated carbocycles. The summed E-state index contributed by atoms with van der Waals surface area (Å²) >= 11 is 0. The molecule has 9 heteroatoms. The number of carbonyl (C=O) groups is 2. The molecular weight excluding hydrogens is 320 g/mol. The van der Waals surface area contributed by atoms with Crippen LogP contribution < -0.4 is 16.0 Å². The zero-order valence-corrected chi connectivity index (χ0v) is 13.0. The van der Waals surface area contributed by atoms with Gasteiger partial charge in [0.1, 0.15) is 0 Å². The largest absolute Gasteiger partial charge is 0.383 e. The van der Waals surface area contributed by atoms with Crippen LogP contribution in [0, 0.1) is 11.6 Å². The van der Waals surface area contributed by atoms with E-state index in [-0.39, 0.29) is 30.3 Å². The van der Waals surface area contributed by atoms with E-state index in [2.05, 4.69) is 16.0 Å². The summed E-state index contributed by atoms with van der Waals surface area (Å²) in [6.07, 6.45) is 0. The fraction of sp³-hybridized carbons (Fsp3) is 0.385. The minimum atomic E-state index is -1.12. The van der Waals surface area contributed by atoms with Gasteiger partial charge in [0, 0.05) is 32.7 Å². The molecule has 3 N–H and O–H groups in total. The molecule has 1 aromatic rings. The quantitative estimate of drug-likeness (QED) is 0.659. The molecule has 6 nitrogen and oxygen atoms in total. The number of anilines is 2. The summed E-state index contributed by atoms with van der Waals surface area (Å²) in [7, 11) is 1.53. The molecule has 1 rings (SSSR count). The third-order valence-electron chi connectivity index (χ3n) is 2.41. The highest BCUT2D eigenvalue weighted by Crippen LogP contribution is 2.25. The second kappa shape index (κ2) is 10.0. The van der Waals surface area contributed by atoms with Crippen LogP contribution in [-0.4, -0.2) is 38.6 Å². The summed E-state index contributed by atoms with van der Waals surface area (Å²) in [4.78, 5) is 22.7. The summed E-state index contributed by atoms with van der Waals surface area (Å²) in [6.45, 7) is 2.11. The Labute approximate surface area is 133 Å². The van der Waals surface area contributed by atoms with Crippen molar-refractivity contribution in [3.63, 3.8) is 0 Å². The maximum Gasteiger partial charge on any atom is 0.238 e. The Balaban J connectivity index is 0.00000441. The Morgan fingerprint density at radius 2 is 1.68 bits per heavy atom. The van der Waals surface area contributed by atoms with E-state index in [4.69, 9.17) is 4.74 Å². The highest BCUT2D eigenvalue weighted by atomic mass is 35.5. The molecule has 0 bridgehead atoms. The van der Waals surface area contributed by atoms with Crippen molar-refractivity contribution in [3.05, 3.63) is 23.8 Å². The van der Waals surface area contributed by atoms with Gasteiger partial charge in [0.25, 0.3) is 0 Å². The smallest absolute Gasteiger partial charge is 0.238 e. The van der Waals surface area contributed by atoms with Crippen LogP contribution in [0.25, 0.3) is 0 Å². The van der Waals surface area contributed by atoms with Gasteiger partial charge in [0.05, 0.1) is 24.5 Å². The first-order valence-corrected chi connectivity index (χ1v) is 6.20. The van der Waals surface area contributed by atoms with Gasteiger partial charge >= 0.3 is 0 Å².